The highest BCUT2D eigenvalue weighted by Crippen LogP contribution is 2.38. The van der Waals surface area contributed by atoms with Crippen LogP contribution in [-0.4, -0.2) is 21.6 Å². The number of rotatable bonds is 3. The molecule has 10 heteroatoms. The predicted molar refractivity (Wildman–Crippen MR) is 79.6 cm³/mol. The lowest BCUT2D eigenvalue weighted by atomic mass is 10.2. The molecule has 0 saturated carbocycles. The largest absolute Gasteiger partial charge is 0.486 e. The molecule has 24 heavy (non-hydrogen) atoms. The molecule has 2 aromatic carbocycles. The Morgan fingerprint density at radius 2 is 1.62 bits per heavy atom. The van der Waals surface area contributed by atoms with Crippen LogP contribution in [-0.2, 0) is 10.0 Å². The van der Waals surface area contributed by atoms with E-state index in [0.29, 0.717) is 24.5 Å². The van der Waals surface area contributed by atoms with Gasteiger partial charge in [0.05, 0.1) is 10.7 Å². The van der Waals surface area contributed by atoms with Gasteiger partial charge >= 0.3 is 0 Å². The molecule has 0 fully saturated rings. The number of sulfonamides is 1. The molecule has 2 aromatic rings. The van der Waals surface area contributed by atoms with E-state index < -0.39 is 32.4 Å². The van der Waals surface area contributed by atoms with Crippen molar-refractivity contribution < 1.29 is 31.1 Å². The zero-order valence-corrected chi connectivity index (χ0v) is 13.3. The van der Waals surface area contributed by atoms with E-state index in [-0.39, 0.29) is 23.1 Å². The SMILES string of the molecule is O=S(=O)(Nc1cc2c(cc1Cl)OCCO2)c1ccc(F)c(F)c1F. The van der Waals surface area contributed by atoms with Crippen LogP contribution < -0.4 is 14.2 Å². The maximum absolute atomic E-state index is 13.7. The van der Waals surface area contributed by atoms with E-state index in [1.165, 1.54) is 12.1 Å². The lowest BCUT2D eigenvalue weighted by molar-refractivity contribution is 0.171. The Balaban J connectivity index is 2.00. The fourth-order valence-corrected chi connectivity index (χ4v) is 3.46. The van der Waals surface area contributed by atoms with Gasteiger partial charge in [-0.3, -0.25) is 4.72 Å². The molecule has 0 amide bonds. The average molecular weight is 380 g/mol. The zero-order valence-electron chi connectivity index (χ0n) is 11.8. The summed E-state index contributed by atoms with van der Waals surface area (Å²) in [5, 5.41) is -0.0363. The number of hydrogen-bond acceptors (Lipinski definition) is 4. The van der Waals surface area contributed by atoms with Crippen molar-refractivity contribution in [3.05, 3.63) is 46.7 Å². The lowest BCUT2D eigenvalue weighted by Crippen LogP contribution is -2.18. The highest BCUT2D eigenvalue weighted by molar-refractivity contribution is 7.92. The third-order valence-electron chi connectivity index (χ3n) is 3.17. The second-order valence-electron chi connectivity index (χ2n) is 4.75. The Hall–Kier alpha value is -2.13. The molecule has 0 unspecified atom stereocenters. The summed E-state index contributed by atoms with van der Waals surface area (Å²) < 4.78 is 77.0. The van der Waals surface area contributed by atoms with Gasteiger partial charge in [0.2, 0.25) is 0 Å². The van der Waals surface area contributed by atoms with Crippen molar-refractivity contribution in [1.29, 1.82) is 0 Å². The molecule has 0 bridgehead atoms. The molecule has 1 aliphatic rings. The minimum Gasteiger partial charge on any atom is -0.486 e. The molecule has 0 aromatic heterocycles. The molecule has 1 N–H and O–H groups in total. The fraction of sp³-hybridized carbons (Fsp3) is 0.143. The maximum atomic E-state index is 13.7. The second kappa shape index (κ2) is 6.06. The van der Waals surface area contributed by atoms with E-state index in [0.717, 1.165) is 0 Å². The van der Waals surface area contributed by atoms with Crippen molar-refractivity contribution in [1.82, 2.24) is 0 Å². The van der Waals surface area contributed by atoms with E-state index >= 15 is 0 Å². The number of fused-ring (bicyclic) bond motifs is 1. The normalized spacial score (nSPS) is 13.7. The van der Waals surface area contributed by atoms with Gasteiger partial charge in [0.1, 0.15) is 18.1 Å². The molecule has 128 valence electrons. The van der Waals surface area contributed by atoms with Gasteiger partial charge in [-0.05, 0) is 12.1 Å². The van der Waals surface area contributed by atoms with Gasteiger partial charge in [-0.25, -0.2) is 21.6 Å². The maximum Gasteiger partial charge on any atom is 0.264 e. The van der Waals surface area contributed by atoms with E-state index in [1.807, 2.05) is 4.72 Å². The number of ether oxygens (including phenoxy) is 2. The number of benzene rings is 2. The van der Waals surface area contributed by atoms with Crippen LogP contribution >= 0.6 is 11.6 Å². The van der Waals surface area contributed by atoms with E-state index in [4.69, 9.17) is 21.1 Å². The number of hydrogen-bond donors (Lipinski definition) is 1. The molecule has 0 atom stereocenters. The summed E-state index contributed by atoms with van der Waals surface area (Å²) in [5.41, 5.74) is -0.120. The topological polar surface area (TPSA) is 64.6 Å². The molecular weight excluding hydrogens is 371 g/mol. The summed E-state index contributed by atoms with van der Waals surface area (Å²) in [6.45, 7) is 0.576. The summed E-state index contributed by atoms with van der Waals surface area (Å²) >= 11 is 5.96. The second-order valence-corrected chi connectivity index (χ2v) is 6.81. The molecule has 5 nitrogen and oxygen atoms in total. The Labute approximate surface area is 140 Å². The van der Waals surface area contributed by atoms with Crippen LogP contribution in [0.5, 0.6) is 11.5 Å². The van der Waals surface area contributed by atoms with Crippen LogP contribution in [0.4, 0.5) is 18.9 Å². The van der Waals surface area contributed by atoms with Gasteiger partial charge in [0, 0.05) is 12.1 Å². The van der Waals surface area contributed by atoms with Gasteiger partial charge in [-0.15, -0.1) is 0 Å². The lowest BCUT2D eigenvalue weighted by Gasteiger charge is -2.20. The number of anilines is 1. The molecule has 0 aliphatic carbocycles. The number of halogens is 4. The predicted octanol–water partition coefficient (Wildman–Crippen LogP) is 3.33. The molecular formula is C14H9ClF3NO4S. The molecule has 1 aliphatic heterocycles. The van der Waals surface area contributed by atoms with Gasteiger partial charge in [-0.2, -0.15) is 0 Å². The smallest absolute Gasteiger partial charge is 0.264 e. The van der Waals surface area contributed by atoms with Crippen molar-refractivity contribution in [3.8, 4) is 11.5 Å². The van der Waals surface area contributed by atoms with Gasteiger partial charge in [0.15, 0.2) is 29.0 Å². The standard InChI is InChI=1S/C14H9ClF3NO4S/c15-7-5-10-11(23-4-3-22-10)6-9(7)19-24(20,21)12-2-1-8(16)13(17)14(12)18/h1-2,5-6,19H,3-4H2. The minimum absolute atomic E-state index is 0.0363. The Morgan fingerprint density at radius 1 is 1.00 bits per heavy atom. The average Bonchev–Trinajstić information content (AvgIpc) is 2.53. The van der Waals surface area contributed by atoms with Crippen LogP contribution in [0.1, 0.15) is 0 Å². The van der Waals surface area contributed by atoms with Crippen molar-refractivity contribution in [2.45, 2.75) is 4.90 Å². The number of nitrogens with one attached hydrogen (secondary N) is 1. The fourth-order valence-electron chi connectivity index (χ4n) is 2.06. The molecule has 0 saturated heterocycles. The Bertz CT molecular complexity index is 921. The summed E-state index contributed by atoms with van der Waals surface area (Å²) in [5.74, 6) is -4.63. The molecule has 1 heterocycles. The monoisotopic (exact) mass is 379 g/mol. The summed E-state index contributed by atoms with van der Waals surface area (Å²) in [4.78, 5) is -1.05. The minimum atomic E-state index is -4.54. The van der Waals surface area contributed by atoms with Crippen LogP contribution in [0.2, 0.25) is 5.02 Å². The first-order chi connectivity index (χ1) is 11.3. The summed E-state index contributed by atoms with van der Waals surface area (Å²) in [7, 11) is -4.54. The van der Waals surface area contributed by atoms with Gasteiger partial charge in [-0.1, -0.05) is 11.6 Å². The summed E-state index contributed by atoms with van der Waals surface area (Å²) in [6, 6.07) is 3.71. The quantitative estimate of drug-likeness (QED) is 0.831. The van der Waals surface area contributed by atoms with Crippen LogP contribution in [0, 0.1) is 17.5 Å². The first-order valence-electron chi connectivity index (χ1n) is 6.55. The van der Waals surface area contributed by atoms with Crippen LogP contribution in [0.25, 0.3) is 0 Å². The van der Waals surface area contributed by atoms with E-state index in [1.54, 1.807) is 0 Å². The molecule has 0 radical (unpaired) electrons. The Morgan fingerprint density at radius 3 is 2.29 bits per heavy atom. The van der Waals surface area contributed by atoms with Crippen molar-refractivity contribution in [2.24, 2.45) is 0 Å². The van der Waals surface area contributed by atoms with Gasteiger partial charge < -0.3 is 9.47 Å². The van der Waals surface area contributed by atoms with E-state index in [2.05, 4.69) is 0 Å². The van der Waals surface area contributed by atoms with Crippen molar-refractivity contribution in [3.63, 3.8) is 0 Å². The zero-order chi connectivity index (χ0) is 17.5. The van der Waals surface area contributed by atoms with E-state index in [9.17, 15) is 21.6 Å². The first kappa shape index (κ1) is 16.7. The molecule has 3 rings (SSSR count). The highest BCUT2D eigenvalue weighted by atomic mass is 35.5. The van der Waals surface area contributed by atoms with Crippen LogP contribution in [0.15, 0.2) is 29.2 Å². The first-order valence-corrected chi connectivity index (χ1v) is 8.41. The van der Waals surface area contributed by atoms with Crippen LogP contribution in [0.3, 0.4) is 0 Å². The Kier molecular flexibility index (Phi) is 4.22. The third-order valence-corrected chi connectivity index (χ3v) is 4.86. The third kappa shape index (κ3) is 2.96. The molecule has 0 spiro atoms. The van der Waals surface area contributed by atoms with Gasteiger partial charge in [0.25, 0.3) is 10.0 Å². The summed E-state index contributed by atoms with van der Waals surface area (Å²) in [6.07, 6.45) is 0. The van der Waals surface area contributed by atoms with Crippen molar-refractivity contribution in [2.75, 3.05) is 17.9 Å². The highest BCUT2D eigenvalue weighted by Gasteiger charge is 2.26. The van der Waals surface area contributed by atoms with Crippen molar-refractivity contribution >= 4 is 27.3 Å².